The normalized spacial score (nSPS) is 16.3. The molecule has 1 aromatic carbocycles. The third kappa shape index (κ3) is 3.61. The van der Waals surface area contributed by atoms with E-state index < -0.39 is 0 Å². The highest BCUT2D eigenvalue weighted by Crippen LogP contribution is 2.19. The number of nitrogens with zero attached hydrogens (tertiary/aromatic N) is 4. The van der Waals surface area contributed by atoms with E-state index in [1.165, 1.54) is 5.69 Å². The van der Waals surface area contributed by atoms with Crippen LogP contribution in [0.4, 0.5) is 5.69 Å². The zero-order chi connectivity index (χ0) is 17.1. The molecule has 0 bridgehead atoms. The van der Waals surface area contributed by atoms with Crippen molar-refractivity contribution >= 4 is 11.6 Å². The van der Waals surface area contributed by atoms with Gasteiger partial charge in [0.15, 0.2) is 0 Å². The van der Waals surface area contributed by atoms with Crippen LogP contribution < -0.4 is 4.90 Å². The van der Waals surface area contributed by atoms with E-state index in [1.54, 1.807) is 0 Å². The summed E-state index contributed by atoms with van der Waals surface area (Å²) in [5.74, 6) is 0.225. The Bertz CT molecular complexity index is 687. The van der Waals surface area contributed by atoms with Crippen molar-refractivity contribution in [2.45, 2.75) is 33.2 Å². The maximum atomic E-state index is 12.6. The smallest absolute Gasteiger partial charge is 0.224 e. The number of benzene rings is 1. The number of hydrogen-bond donors (Lipinski definition) is 0. The van der Waals surface area contributed by atoms with Crippen molar-refractivity contribution in [1.29, 1.82) is 0 Å². The number of rotatable bonds is 4. The van der Waals surface area contributed by atoms with Gasteiger partial charge in [-0.05, 0) is 39.0 Å². The summed E-state index contributed by atoms with van der Waals surface area (Å²) in [7, 11) is 0. The molecule has 128 valence electrons. The fraction of sp³-hybridized carbons (Fsp3) is 0.474. The first-order valence-electron chi connectivity index (χ1n) is 8.65. The lowest BCUT2D eigenvalue weighted by molar-refractivity contribution is -0.132. The molecule has 2 aromatic rings. The highest BCUT2D eigenvalue weighted by Gasteiger charge is 2.23. The summed E-state index contributed by atoms with van der Waals surface area (Å²) >= 11 is 0. The fourth-order valence-corrected chi connectivity index (χ4v) is 3.41. The molecular formula is C19H26N4O. The minimum atomic E-state index is 0.0957. The minimum Gasteiger partial charge on any atom is -0.368 e. The molecule has 0 saturated carbocycles. The zero-order valence-corrected chi connectivity index (χ0v) is 14.8. The molecule has 1 aromatic heterocycles. The number of aromatic nitrogens is 2. The van der Waals surface area contributed by atoms with Crippen molar-refractivity contribution in [1.82, 2.24) is 14.7 Å². The Balaban J connectivity index is 1.54. The van der Waals surface area contributed by atoms with Gasteiger partial charge in [-0.2, -0.15) is 5.10 Å². The molecule has 2 heterocycles. The Kier molecular flexibility index (Phi) is 4.88. The van der Waals surface area contributed by atoms with Crippen molar-refractivity contribution in [3.05, 3.63) is 47.8 Å². The quantitative estimate of drug-likeness (QED) is 0.867. The second-order valence-corrected chi connectivity index (χ2v) is 6.63. The van der Waals surface area contributed by atoms with Crippen LogP contribution in [-0.4, -0.2) is 46.8 Å². The largest absolute Gasteiger partial charge is 0.368 e. The van der Waals surface area contributed by atoms with Gasteiger partial charge in [0.2, 0.25) is 5.91 Å². The van der Waals surface area contributed by atoms with E-state index in [4.69, 9.17) is 0 Å². The van der Waals surface area contributed by atoms with Gasteiger partial charge < -0.3 is 9.80 Å². The Morgan fingerprint density at radius 2 is 1.79 bits per heavy atom. The third-order valence-electron chi connectivity index (χ3n) is 4.69. The summed E-state index contributed by atoms with van der Waals surface area (Å²) < 4.78 is 1.97. The third-order valence-corrected chi connectivity index (χ3v) is 4.69. The average Bonchev–Trinajstić information content (AvgIpc) is 2.94. The first-order valence-corrected chi connectivity index (χ1v) is 8.65. The highest BCUT2D eigenvalue weighted by atomic mass is 16.2. The predicted octanol–water partition coefficient (Wildman–Crippen LogP) is 2.80. The molecule has 0 radical (unpaired) electrons. The van der Waals surface area contributed by atoms with E-state index in [9.17, 15) is 4.79 Å². The van der Waals surface area contributed by atoms with E-state index in [0.717, 1.165) is 37.6 Å². The van der Waals surface area contributed by atoms with Gasteiger partial charge in [-0.1, -0.05) is 18.2 Å². The number of anilines is 1. The van der Waals surface area contributed by atoms with E-state index >= 15 is 0 Å². The molecule has 24 heavy (non-hydrogen) atoms. The lowest BCUT2D eigenvalue weighted by Gasteiger charge is -2.36. The van der Waals surface area contributed by atoms with Gasteiger partial charge >= 0.3 is 0 Å². The fourth-order valence-electron chi connectivity index (χ4n) is 3.41. The van der Waals surface area contributed by atoms with Crippen LogP contribution in [0, 0.1) is 13.8 Å². The lowest BCUT2D eigenvalue weighted by Crippen LogP contribution is -2.49. The summed E-state index contributed by atoms with van der Waals surface area (Å²) in [6, 6.07) is 12.6. The van der Waals surface area contributed by atoms with Crippen LogP contribution >= 0.6 is 0 Å². The monoisotopic (exact) mass is 326 g/mol. The molecule has 1 aliphatic heterocycles. The molecular weight excluding hydrogens is 300 g/mol. The van der Waals surface area contributed by atoms with Gasteiger partial charge in [-0.3, -0.25) is 9.48 Å². The van der Waals surface area contributed by atoms with Gasteiger partial charge in [0, 0.05) is 44.0 Å². The van der Waals surface area contributed by atoms with E-state index in [2.05, 4.69) is 47.3 Å². The van der Waals surface area contributed by atoms with Crippen LogP contribution in [0.5, 0.6) is 0 Å². The number of aryl methyl sites for hydroxylation is 2. The van der Waals surface area contributed by atoms with Gasteiger partial charge in [-0.25, -0.2) is 0 Å². The lowest BCUT2D eigenvalue weighted by atomic mass is 10.2. The second-order valence-electron chi connectivity index (χ2n) is 6.63. The van der Waals surface area contributed by atoms with E-state index in [1.807, 2.05) is 29.5 Å². The SMILES string of the molecule is Cc1cc(C)n([C@@H](C)CC(=O)N2CCN(c3ccccc3)CC2)n1. The topological polar surface area (TPSA) is 41.4 Å². The highest BCUT2D eigenvalue weighted by molar-refractivity contribution is 5.77. The average molecular weight is 326 g/mol. The summed E-state index contributed by atoms with van der Waals surface area (Å²) in [6.07, 6.45) is 0.507. The molecule has 0 N–H and O–H groups in total. The maximum absolute atomic E-state index is 12.6. The number of amides is 1. The number of hydrogen-bond acceptors (Lipinski definition) is 3. The van der Waals surface area contributed by atoms with Gasteiger partial charge in [0.1, 0.15) is 0 Å². The molecule has 1 aliphatic rings. The first kappa shape index (κ1) is 16.6. The standard InChI is InChI=1S/C19H26N4O/c1-15-13-16(2)23(20-15)17(3)14-19(24)22-11-9-21(10-12-22)18-7-5-4-6-8-18/h4-8,13,17H,9-12,14H2,1-3H3/t17-/m0/s1. The van der Waals surface area contributed by atoms with Crippen LogP contribution in [0.2, 0.25) is 0 Å². The Hall–Kier alpha value is -2.30. The summed E-state index contributed by atoms with van der Waals surface area (Å²) in [5, 5.41) is 4.50. The van der Waals surface area contributed by atoms with Crippen LogP contribution in [0.1, 0.15) is 30.8 Å². The molecule has 5 nitrogen and oxygen atoms in total. The van der Waals surface area contributed by atoms with Gasteiger partial charge in [0.05, 0.1) is 11.7 Å². The van der Waals surface area contributed by atoms with Crippen molar-refractivity contribution in [2.75, 3.05) is 31.1 Å². The van der Waals surface area contributed by atoms with Crippen LogP contribution in [0.25, 0.3) is 0 Å². The molecule has 0 unspecified atom stereocenters. The summed E-state index contributed by atoms with van der Waals surface area (Å²) in [6.45, 7) is 9.46. The van der Waals surface area contributed by atoms with Crippen molar-refractivity contribution in [3.63, 3.8) is 0 Å². The molecule has 1 saturated heterocycles. The van der Waals surface area contributed by atoms with Gasteiger partial charge in [-0.15, -0.1) is 0 Å². The van der Waals surface area contributed by atoms with Crippen LogP contribution in [0.15, 0.2) is 36.4 Å². The first-order chi connectivity index (χ1) is 11.5. The van der Waals surface area contributed by atoms with Crippen LogP contribution in [-0.2, 0) is 4.79 Å². The van der Waals surface area contributed by atoms with Crippen molar-refractivity contribution < 1.29 is 4.79 Å². The number of piperazine rings is 1. The minimum absolute atomic E-state index is 0.0957. The molecule has 1 amide bonds. The second kappa shape index (κ2) is 7.07. The molecule has 0 aliphatic carbocycles. The Morgan fingerprint density at radius 1 is 1.12 bits per heavy atom. The Morgan fingerprint density at radius 3 is 2.38 bits per heavy atom. The molecule has 3 rings (SSSR count). The molecule has 1 atom stereocenters. The summed E-state index contributed by atoms with van der Waals surface area (Å²) in [5.41, 5.74) is 3.35. The number of carbonyl (C=O) groups is 1. The van der Waals surface area contributed by atoms with E-state index in [0.29, 0.717) is 6.42 Å². The summed E-state index contributed by atoms with van der Waals surface area (Å²) in [4.78, 5) is 16.9. The number of carbonyl (C=O) groups excluding carboxylic acids is 1. The predicted molar refractivity (Wildman–Crippen MR) is 96.3 cm³/mol. The van der Waals surface area contributed by atoms with Crippen molar-refractivity contribution in [3.8, 4) is 0 Å². The zero-order valence-electron chi connectivity index (χ0n) is 14.8. The van der Waals surface area contributed by atoms with Crippen LogP contribution in [0.3, 0.4) is 0 Å². The van der Waals surface area contributed by atoms with E-state index in [-0.39, 0.29) is 11.9 Å². The molecule has 0 spiro atoms. The maximum Gasteiger partial charge on any atom is 0.224 e. The number of para-hydroxylation sites is 1. The molecule has 1 fully saturated rings. The van der Waals surface area contributed by atoms with Crippen molar-refractivity contribution in [2.24, 2.45) is 0 Å². The Labute approximate surface area is 143 Å². The molecule has 5 heteroatoms. The van der Waals surface area contributed by atoms with Gasteiger partial charge in [0.25, 0.3) is 0 Å².